The van der Waals surface area contributed by atoms with Crippen LogP contribution in [0.25, 0.3) is 11.4 Å². The van der Waals surface area contributed by atoms with E-state index >= 15 is 0 Å². The van der Waals surface area contributed by atoms with Gasteiger partial charge in [-0.3, -0.25) is 4.79 Å². The molecule has 0 aliphatic heterocycles. The Kier molecular flexibility index (Phi) is 5.69. The number of methoxy groups -OCH3 is 3. The quantitative estimate of drug-likeness (QED) is 0.622. The predicted molar refractivity (Wildman–Crippen MR) is 105 cm³/mol. The van der Waals surface area contributed by atoms with Crippen LogP contribution in [-0.4, -0.2) is 42.1 Å². The van der Waals surface area contributed by atoms with Gasteiger partial charge in [0.05, 0.1) is 21.3 Å². The van der Waals surface area contributed by atoms with Gasteiger partial charge in [-0.05, 0) is 6.92 Å². The molecule has 0 amide bonds. The van der Waals surface area contributed by atoms with Crippen molar-refractivity contribution in [2.24, 2.45) is 0 Å². The van der Waals surface area contributed by atoms with Crippen molar-refractivity contribution in [2.45, 2.75) is 6.92 Å². The molecule has 144 valence electrons. The highest BCUT2D eigenvalue weighted by Crippen LogP contribution is 2.40. The fraction of sp³-hybridized carbons (Fsp3) is 0.200. The minimum absolute atomic E-state index is 0.00644. The summed E-state index contributed by atoms with van der Waals surface area (Å²) in [7, 11) is 4.64. The number of ether oxygens (including phenoxy) is 3. The minimum atomic E-state index is 0.00644. The molecule has 3 rings (SSSR count). The minimum Gasteiger partial charge on any atom is -0.493 e. The number of anilines is 2. The lowest BCUT2D eigenvalue weighted by molar-refractivity contribution is 0.101. The van der Waals surface area contributed by atoms with Gasteiger partial charge in [-0.2, -0.15) is 4.98 Å². The fourth-order valence-electron chi connectivity index (χ4n) is 2.63. The number of carbonyl (C=O) groups excluding carboxylic acids is 1. The van der Waals surface area contributed by atoms with Crippen LogP contribution >= 0.6 is 0 Å². The normalized spacial score (nSPS) is 10.3. The number of rotatable bonds is 7. The third-order valence-electron chi connectivity index (χ3n) is 4.04. The zero-order chi connectivity index (χ0) is 20.1. The second-order valence-corrected chi connectivity index (χ2v) is 5.81. The molecule has 0 saturated heterocycles. The van der Waals surface area contributed by atoms with Gasteiger partial charge in [-0.25, -0.2) is 9.97 Å². The molecule has 0 spiro atoms. The van der Waals surface area contributed by atoms with Crippen LogP contribution in [0.5, 0.6) is 17.2 Å². The largest absolute Gasteiger partial charge is 0.493 e. The molecular formula is C20H20N4O4. The summed E-state index contributed by atoms with van der Waals surface area (Å²) < 4.78 is 16.0. The van der Waals surface area contributed by atoms with E-state index in [4.69, 9.17) is 14.2 Å². The van der Waals surface area contributed by atoms with E-state index in [9.17, 15) is 4.79 Å². The van der Waals surface area contributed by atoms with Crippen LogP contribution in [0.3, 0.4) is 0 Å². The van der Waals surface area contributed by atoms with E-state index in [1.807, 2.05) is 0 Å². The van der Waals surface area contributed by atoms with Crippen LogP contribution in [0.15, 0.2) is 42.7 Å². The lowest BCUT2D eigenvalue weighted by atomic mass is 10.1. The van der Waals surface area contributed by atoms with Crippen LogP contribution in [0.4, 0.5) is 11.6 Å². The molecule has 3 aromatic rings. The van der Waals surface area contributed by atoms with Crippen molar-refractivity contribution < 1.29 is 19.0 Å². The predicted octanol–water partition coefficient (Wildman–Crippen LogP) is 3.51. The molecule has 1 N–H and O–H groups in total. The van der Waals surface area contributed by atoms with Crippen LogP contribution in [0.1, 0.15) is 17.3 Å². The first-order valence-corrected chi connectivity index (χ1v) is 8.43. The number of carbonyl (C=O) groups is 1. The van der Waals surface area contributed by atoms with Gasteiger partial charge in [-0.1, -0.05) is 24.3 Å². The Morgan fingerprint density at radius 2 is 1.57 bits per heavy atom. The van der Waals surface area contributed by atoms with E-state index in [0.29, 0.717) is 40.3 Å². The number of nitrogens with zero attached hydrogens (tertiary/aromatic N) is 3. The van der Waals surface area contributed by atoms with Gasteiger partial charge in [0.25, 0.3) is 0 Å². The first-order valence-electron chi connectivity index (χ1n) is 8.43. The molecule has 8 nitrogen and oxygen atoms in total. The Morgan fingerprint density at radius 3 is 2.11 bits per heavy atom. The van der Waals surface area contributed by atoms with Crippen molar-refractivity contribution in [1.82, 2.24) is 15.0 Å². The smallest absolute Gasteiger partial charge is 0.230 e. The van der Waals surface area contributed by atoms with E-state index in [0.717, 1.165) is 5.56 Å². The van der Waals surface area contributed by atoms with Gasteiger partial charge in [0.2, 0.25) is 11.7 Å². The molecule has 0 fully saturated rings. The monoisotopic (exact) mass is 380 g/mol. The highest BCUT2D eigenvalue weighted by molar-refractivity contribution is 5.94. The van der Waals surface area contributed by atoms with E-state index in [1.165, 1.54) is 13.3 Å². The molecule has 0 aliphatic rings. The number of benzene rings is 2. The molecule has 1 aromatic heterocycles. The topological polar surface area (TPSA) is 95.5 Å². The highest BCUT2D eigenvalue weighted by Gasteiger charge is 2.14. The summed E-state index contributed by atoms with van der Waals surface area (Å²) in [5.74, 6) is 2.37. The van der Waals surface area contributed by atoms with Gasteiger partial charge in [0.1, 0.15) is 6.33 Å². The van der Waals surface area contributed by atoms with E-state index < -0.39 is 0 Å². The van der Waals surface area contributed by atoms with Gasteiger partial charge >= 0.3 is 0 Å². The number of ketones is 1. The van der Waals surface area contributed by atoms with E-state index in [1.54, 1.807) is 57.7 Å². The molecule has 0 radical (unpaired) electrons. The number of Topliss-reactive ketones (excluding diaryl/α,β-unsaturated/α-hetero) is 1. The third kappa shape index (κ3) is 4.01. The van der Waals surface area contributed by atoms with Crippen LogP contribution < -0.4 is 19.5 Å². The number of hydrogen-bond donors (Lipinski definition) is 1. The summed E-state index contributed by atoms with van der Waals surface area (Å²) >= 11 is 0. The van der Waals surface area contributed by atoms with Crippen molar-refractivity contribution in [1.29, 1.82) is 0 Å². The zero-order valence-electron chi connectivity index (χ0n) is 16.0. The maximum absolute atomic E-state index is 11.4. The third-order valence-corrected chi connectivity index (χ3v) is 4.04. The Balaban J connectivity index is 1.90. The van der Waals surface area contributed by atoms with Crippen LogP contribution in [0.2, 0.25) is 0 Å². The standard InChI is InChI=1S/C20H20N4O4/c1-12(25)13-5-7-14(8-6-13)19-21-11-22-20(24-19)23-15-9-16(26-2)18(28-4)17(10-15)27-3/h5-11H,1-4H3,(H,21,22,23,24). The molecule has 0 bridgehead atoms. The van der Waals surface area contributed by atoms with Crippen molar-refractivity contribution in [2.75, 3.05) is 26.6 Å². The van der Waals surface area contributed by atoms with E-state index in [-0.39, 0.29) is 5.78 Å². The van der Waals surface area contributed by atoms with Gasteiger partial charge < -0.3 is 19.5 Å². The van der Waals surface area contributed by atoms with E-state index in [2.05, 4.69) is 20.3 Å². The summed E-state index contributed by atoms with van der Waals surface area (Å²) in [6.07, 6.45) is 1.42. The summed E-state index contributed by atoms with van der Waals surface area (Å²) in [5, 5.41) is 3.11. The first kappa shape index (κ1) is 19.1. The summed E-state index contributed by atoms with van der Waals surface area (Å²) in [5.41, 5.74) is 2.08. The molecule has 0 unspecified atom stereocenters. The molecule has 0 aliphatic carbocycles. The summed E-state index contributed by atoms with van der Waals surface area (Å²) in [6, 6.07) is 10.6. The number of hydrogen-bond acceptors (Lipinski definition) is 8. The Labute approximate surface area is 162 Å². The second-order valence-electron chi connectivity index (χ2n) is 5.81. The molecule has 28 heavy (non-hydrogen) atoms. The van der Waals surface area contributed by atoms with Crippen LogP contribution in [-0.2, 0) is 0 Å². The van der Waals surface area contributed by atoms with Crippen molar-refractivity contribution in [3.63, 3.8) is 0 Å². The lowest BCUT2D eigenvalue weighted by Crippen LogP contribution is -2.02. The Morgan fingerprint density at radius 1 is 0.929 bits per heavy atom. The lowest BCUT2D eigenvalue weighted by Gasteiger charge is -2.14. The molecule has 1 heterocycles. The van der Waals surface area contributed by atoms with Crippen molar-refractivity contribution >= 4 is 17.4 Å². The average molecular weight is 380 g/mol. The Hall–Kier alpha value is -3.68. The zero-order valence-corrected chi connectivity index (χ0v) is 16.0. The molecule has 2 aromatic carbocycles. The van der Waals surface area contributed by atoms with Gasteiger partial charge in [-0.15, -0.1) is 0 Å². The molecule has 0 atom stereocenters. The van der Waals surface area contributed by atoms with Crippen molar-refractivity contribution in [3.05, 3.63) is 48.3 Å². The molecule has 0 saturated carbocycles. The highest BCUT2D eigenvalue weighted by atomic mass is 16.5. The maximum Gasteiger partial charge on any atom is 0.230 e. The van der Waals surface area contributed by atoms with Crippen molar-refractivity contribution in [3.8, 4) is 28.6 Å². The molecular weight excluding hydrogens is 360 g/mol. The second kappa shape index (κ2) is 8.34. The fourth-order valence-corrected chi connectivity index (χ4v) is 2.63. The number of aromatic nitrogens is 3. The summed E-state index contributed by atoms with van der Waals surface area (Å²) in [4.78, 5) is 24.2. The average Bonchev–Trinajstić information content (AvgIpc) is 2.73. The Bertz CT molecular complexity index is 965. The molecule has 8 heteroatoms. The first-order chi connectivity index (χ1) is 13.5. The maximum atomic E-state index is 11.4. The van der Waals surface area contributed by atoms with Gasteiger partial charge in [0, 0.05) is 28.9 Å². The SMILES string of the molecule is COc1cc(Nc2ncnc(-c3ccc(C(C)=O)cc3)n2)cc(OC)c1OC. The number of nitrogens with one attached hydrogen (secondary N) is 1. The van der Waals surface area contributed by atoms with Crippen LogP contribution in [0, 0.1) is 0 Å². The van der Waals surface area contributed by atoms with Gasteiger partial charge in [0.15, 0.2) is 23.1 Å². The summed E-state index contributed by atoms with van der Waals surface area (Å²) in [6.45, 7) is 1.53.